The number of hydrogen-bond acceptors (Lipinski definition) is 7. The Morgan fingerprint density at radius 3 is 2.68 bits per heavy atom. The second-order valence-corrected chi connectivity index (χ2v) is 7.52. The van der Waals surface area contributed by atoms with Gasteiger partial charge in [0.15, 0.2) is 11.5 Å². The first-order valence-electron chi connectivity index (χ1n) is 9.37. The van der Waals surface area contributed by atoms with Crippen LogP contribution in [-0.4, -0.2) is 48.4 Å². The molecule has 0 fully saturated rings. The van der Waals surface area contributed by atoms with Gasteiger partial charge in [0.2, 0.25) is 5.88 Å². The molecule has 0 unspecified atom stereocenters. The maximum Gasteiger partial charge on any atom is 0.586 e. The first-order valence-corrected chi connectivity index (χ1v) is 10.1. The number of aliphatic imine (C=N–C) groups is 1. The van der Waals surface area contributed by atoms with Crippen LogP contribution in [0.1, 0.15) is 27.8 Å². The SMILES string of the molecule is CNC(=O)c1c(NC(=O)c2cc(OC)nn2C=N/C=C\C=C(/C)Cl)c(Cl)cc2c1OC(F)(F)O2. The molecule has 0 aliphatic carbocycles. The van der Waals surface area contributed by atoms with E-state index >= 15 is 0 Å². The summed E-state index contributed by atoms with van der Waals surface area (Å²) < 4.78 is 42.2. The highest BCUT2D eigenvalue weighted by atomic mass is 35.5. The second kappa shape index (κ2) is 10.1. The number of ether oxygens (including phenoxy) is 3. The highest BCUT2D eigenvalue weighted by Gasteiger charge is 2.46. The molecule has 1 aromatic heterocycles. The number of carbonyl (C=O) groups excluding carboxylic acids is 2. The molecule has 0 spiro atoms. The van der Waals surface area contributed by atoms with Crippen molar-refractivity contribution >= 4 is 47.0 Å². The van der Waals surface area contributed by atoms with E-state index in [-0.39, 0.29) is 22.3 Å². The number of allylic oxidation sites excluding steroid dienone is 3. The van der Waals surface area contributed by atoms with E-state index in [1.807, 2.05) is 0 Å². The van der Waals surface area contributed by atoms with Crippen molar-refractivity contribution in [2.24, 2.45) is 4.99 Å². The quantitative estimate of drug-likeness (QED) is 0.327. The molecule has 10 nitrogen and oxygen atoms in total. The van der Waals surface area contributed by atoms with Gasteiger partial charge in [0.1, 0.15) is 17.6 Å². The zero-order chi connectivity index (χ0) is 25.0. The van der Waals surface area contributed by atoms with Gasteiger partial charge in [0.05, 0.1) is 17.8 Å². The lowest BCUT2D eigenvalue weighted by Gasteiger charge is -2.14. The van der Waals surface area contributed by atoms with Crippen molar-refractivity contribution < 1.29 is 32.6 Å². The molecule has 1 aliphatic rings. The zero-order valence-corrected chi connectivity index (χ0v) is 19.4. The topological polar surface area (TPSA) is 116 Å². The fourth-order valence-electron chi connectivity index (χ4n) is 2.75. The Bertz CT molecular complexity index is 1220. The summed E-state index contributed by atoms with van der Waals surface area (Å²) in [5, 5.41) is 9.05. The summed E-state index contributed by atoms with van der Waals surface area (Å²) in [6.45, 7) is 1.69. The van der Waals surface area contributed by atoms with Gasteiger partial charge in [-0.25, -0.2) is 9.67 Å². The molecule has 0 bridgehead atoms. The number of anilines is 1. The van der Waals surface area contributed by atoms with Crippen LogP contribution in [0.4, 0.5) is 14.5 Å². The minimum atomic E-state index is -4.01. The van der Waals surface area contributed by atoms with Gasteiger partial charge in [-0.3, -0.25) is 9.59 Å². The van der Waals surface area contributed by atoms with Crippen molar-refractivity contribution in [3.8, 4) is 17.4 Å². The van der Waals surface area contributed by atoms with Crippen molar-refractivity contribution in [1.82, 2.24) is 15.1 Å². The third-order valence-electron chi connectivity index (χ3n) is 4.17. The number of nitrogens with one attached hydrogen (secondary N) is 2. The highest BCUT2D eigenvalue weighted by Crippen LogP contribution is 2.49. The summed E-state index contributed by atoms with van der Waals surface area (Å²) in [5.41, 5.74) is -0.800. The summed E-state index contributed by atoms with van der Waals surface area (Å²) in [7, 11) is 2.61. The Balaban J connectivity index is 1.99. The third-order valence-corrected chi connectivity index (χ3v) is 4.59. The first-order chi connectivity index (χ1) is 16.1. The van der Waals surface area contributed by atoms with Crippen LogP contribution in [0.15, 0.2) is 40.5 Å². The van der Waals surface area contributed by atoms with E-state index in [0.29, 0.717) is 5.03 Å². The van der Waals surface area contributed by atoms with Gasteiger partial charge in [-0.15, -0.1) is 13.9 Å². The highest BCUT2D eigenvalue weighted by molar-refractivity contribution is 6.35. The molecule has 1 aliphatic heterocycles. The standard InChI is InChI=1S/C20H17Cl2F2N5O5/c1-10(21)5-4-6-26-9-29-12(8-14(28-29)32-3)18(30)27-16-11(22)7-13-17(15(16)19(31)25-2)34-20(23,24)33-13/h4-9H,1-3H3,(H,25,31)(H,27,30)/b6-4-,10-5+,26-9?. The van der Waals surface area contributed by atoms with Crippen LogP contribution in [0.2, 0.25) is 5.02 Å². The molecule has 2 amide bonds. The van der Waals surface area contributed by atoms with Crippen molar-refractivity contribution in [1.29, 1.82) is 0 Å². The smallest absolute Gasteiger partial charge is 0.480 e. The average molecular weight is 516 g/mol. The Morgan fingerprint density at radius 2 is 2.03 bits per heavy atom. The number of hydrogen-bond donors (Lipinski definition) is 2. The molecule has 0 saturated carbocycles. The number of rotatable bonds is 7. The normalized spacial score (nSPS) is 14.6. The maximum absolute atomic E-state index is 13.6. The number of fused-ring (bicyclic) bond motifs is 1. The van der Waals surface area contributed by atoms with E-state index in [9.17, 15) is 18.4 Å². The Labute approximate surface area is 201 Å². The van der Waals surface area contributed by atoms with E-state index in [1.54, 1.807) is 19.1 Å². The summed E-state index contributed by atoms with van der Waals surface area (Å²) in [5.74, 6) is -2.61. The van der Waals surface area contributed by atoms with E-state index in [4.69, 9.17) is 27.9 Å². The minimum absolute atomic E-state index is 0.0695. The van der Waals surface area contributed by atoms with Crippen LogP contribution in [0, 0.1) is 0 Å². The second-order valence-electron chi connectivity index (χ2n) is 6.51. The van der Waals surface area contributed by atoms with Gasteiger partial charge in [-0.05, 0) is 19.1 Å². The monoisotopic (exact) mass is 515 g/mol. The first kappa shape index (κ1) is 25.0. The van der Waals surface area contributed by atoms with Gasteiger partial charge < -0.3 is 24.8 Å². The number of halogens is 4. The number of benzene rings is 1. The van der Waals surface area contributed by atoms with Crippen LogP contribution in [0.3, 0.4) is 0 Å². The largest absolute Gasteiger partial charge is 0.586 e. The lowest BCUT2D eigenvalue weighted by atomic mass is 10.1. The van der Waals surface area contributed by atoms with Crippen molar-refractivity contribution in [3.63, 3.8) is 0 Å². The summed E-state index contributed by atoms with van der Waals surface area (Å²) in [4.78, 5) is 29.5. The van der Waals surface area contributed by atoms with Crippen LogP contribution in [0.5, 0.6) is 17.4 Å². The molecule has 0 radical (unpaired) electrons. The number of alkyl halides is 2. The predicted molar refractivity (Wildman–Crippen MR) is 120 cm³/mol. The van der Waals surface area contributed by atoms with E-state index in [1.165, 1.54) is 32.8 Å². The van der Waals surface area contributed by atoms with Crippen molar-refractivity contribution in [2.75, 3.05) is 19.5 Å². The van der Waals surface area contributed by atoms with Gasteiger partial charge in [-0.2, -0.15) is 0 Å². The van der Waals surface area contributed by atoms with Crippen LogP contribution < -0.4 is 24.8 Å². The van der Waals surface area contributed by atoms with Crippen LogP contribution in [-0.2, 0) is 0 Å². The van der Waals surface area contributed by atoms with E-state index < -0.39 is 35.2 Å². The van der Waals surface area contributed by atoms with Crippen LogP contribution in [0.25, 0.3) is 0 Å². The minimum Gasteiger partial charge on any atom is -0.480 e. The van der Waals surface area contributed by atoms with Crippen LogP contribution >= 0.6 is 23.2 Å². The number of methoxy groups -OCH3 is 1. The molecule has 180 valence electrons. The molecule has 0 atom stereocenters. The Morgan fingerprint density at radius 1 is 1.29 bits per heavy atom. The maximum atomic E-state index is 13.6. The summed E-state index contributed by atoms with van der Waals surface area (Å²) in [6.07, 6.45) is 1.77. The third kappa shape index (κ3) is 5.46. The molecule has 2 heterocycles. The van der Waals surface area contributed by atoms with Gasteiger partial charge in [0.25, 0.3) is 11.8 Å². The fraction of sp³-hybridized carbons (Fsp3) is 0.200. The van der Waals surface area contributed by atoms with E-state index in [2.05, 4.69) is 30.2 Å². The average Bonchev–Trinajstić information content (AvgIpc) is 3.32. The number of aromatic nitrogens is 2. The van der Waals surface area contributed by atoms with Crippen molar-refractivity contribution in [3.05, 3.63) is 51.8 Å². The fourth-order valence-corrected chi connectivity index (χ4v) is 3.07. The van der Waals surface area contributed by atoms with Gasteiger partial charge >= 0.3 is 6.29 Å². The van der Waals surface area contributed by atoms with Gasteiger partial charge in [0, 0.05) is 30.4 Å². The molecule has 1 aromatic carbocycles. The van der Waals surface area contributed by atoms with Crippen molar-refractivity contribution in [2.45, 2.75) is 13.2 Å². The summed E-state index contributed by atoms with van der Waals surface area (Å²) in [6, 6.07) is 2.29. The molecular formula is C20H17Cl2F2N5O5. The molecule has 14 heteroatoms. The molecule has 0 saturated heterocycles. The molecule has 34 heavy (non-hydrogen) atoms. The predicted octanol–water partition coefficient (Wildman–Crippen LogP) is 4.01. The zero-order valence-electron chi connectivity index (χ0n) is 17.9. The number of amides is 2. The lowest BCUT2D eigenvalue weighted by molar-refractivity contribution is -0.286. The Hall–Kier alpha value is -3.64. The van der Waals surface area contributed by atoms with E-state index in [0.717, 1.165) is 10.7 Å². The molecule has 3 rings (SSSR count). The Kier molecular flexibility index (Phi) is 7.42. The molecule has 2 aromatic rings. The number of nitrogens with zero attached hydrogens (tertiary/aromatic N) is 3. The number of carbonyl (C=O) groups is 2. The lowest BCUT2D eigenvalue weighted by Crippen LogP contribution is -2.27. The molecular weight excluding hydrogens is 499 g/mol. The molecule has 2 N–H and O–H groups in total. The summed E-state index contributed by atoms with van der Waals surface area (Å²) >= 11 is 11.9. The van der Waals surface area contributed by atoms with Gasteiger partial charge in [-0.1, -0.05) is 23.2 Å².